The molecule has 0 fully saturated rings. The van der Waals surface area contributed by atoms with E-state index in [1.807, 2.05) is 30.5 Å². The number of hydrogen-bond acceptors (Lipinski definition) is 8. The van der Waals surface area contributed by atoms with E-state index in [9.17, 15) is 4.79 Å². The first kappa shape index (κ1) is 16.3. The number of nitrogens with one attached hydrogen (secondary N) is 1. The number of nitrogens with zero attached hydrogens (tertiary/aromatic N) is 3. The molecule has 7 nitrogen and oxygen atoms in total. The van der Waals surface area contributed by atoms with E-state index in [1.165, 1.54) is 0 Å². The monoisotopic (exact) mass is 344 g/mol. The van der Waals surface area contributed by atoms with Gasteiger partial charge in [0, 0.05) is 10.6 Å². The van der Waals surface area contributed by atoms with Crippen molar-refractivity contribution in [2.75, 3.05) is 18.2 Å². The molecule has 0 saturated heterocycles. The average molecular weight is 344 g/mol. The number of rotatable bonds is 5. The molecule has 8 heteroatoms. The number of aromatic nitrogens is 3. The number of fused-ring (bicyclic) bond motifs is 1. The molecule has 2 aromatic heterocycles. The molecule has 0 aliphatic rings. The van der Waals surface area contributed by atoms with Crippen LogP contribution in [-0.2, 0) is 4.74 Å². The van der Waals surface area contributed by atoms with Crippen LogP contribution in [0.5, 0.6) is 0 Å². The van der Waals surface area contributed by atoms with Crippen molar-refractivity contribution in [1.29, 1.82) is 0 Å². The summed E-state index contributed by atoms with van der Waals surface area (Å²) in [4.78, 5) is 21.5. The molecule has 0 aliphatic carbocycles. The standard InChI is InChI=1S/C16H16N4O3S/c1-4-22-16(21)14-18-13(12-9(2)20-23-15(12)19-14)17-10-6-5-7-11(8-10)24-3/h5-8H,4H2,1-3H3,(H,17,18,19). The SMILES string of the molecule is CCOC(=O)c1nc(Nc2cccc(SC)c2)c2c(C)noc2n1. The first-order chi connectivity index (χ1) is 11.6. The molecular weight excluding hydrogens is 328 g/mol. The zero-order valence-corrected chi connectivity index (χ0v) is 14.3. The Morgan fingerprint density at radius 3 is 2.96 bits per heavy atom. The van der Waals surface area contributed by atoms with E-state index in [1.54, 1.807) is 25.6 Å². The second kappa shape index (κ2) is 6.88. The maximum absolute atomic E-state index is 12.0. The van der Waals surface area contributed by atoms with Crippen LogP contribution in [0.2, 0.25) is 0 Å². The average Bonchev–Trinajstić information content (AvgIpc) is 2.96. The van der Waals surface area contributed by atoms with Crippen LogP contribution in [0, 0.1) is 6.92 Å². The molecule has 0 atom stereocenters. The fourth-order valence-corrected chi connectivity index (χ4v) is 2.66. The van der Waals surface area contributed by atoms with Crippen molar-refractivity contribution in [2.24, 2.45) is 0 Å². The normalized spacial score (nSPS) is 10.8. The first-order valence-corrected chi connectivity index (χ1v) is 8.57. The summed E-state index contributed by atoms with van der Waals surface area (Å²) in [6, 6.07) is 7.87. The number of hydrogen-bond donors (Lipinski definition) is 1. The molecule has 124 valence electrons. The molecule has 0 saturated carbocycles. The summed E-state index contributed by atoms with van der Waals surface area (Å²) < 4.78 is 10.2. The van der Waals surface area contributed by atoms with E-state index in [2.05, 4.69) is 20.4 Å². The third kappa shape index (κ3) is 3.18. The van der Waals surface area contributed by atoms with Gasteiger partial charge in [0.25, 0.3) is 5.71 Å². The number of carbonyl (C=O) groups is 1. The number of aryl methyl sites for hydroxylation is 1. The van der Waals surface area contributed by atoms with E-state index in [0.717, 1.165) is 10.6 Å². The minimum Gasteiger partial charge on any atom is -0.460 e. The number of esters is 1. The maximum Gasteiger partial charge on any atom is 0.376 e. The maximum atomic E-state index is 12.0. The van der Waals surface area contributed by atoms with Gasteiger partial charge in [-0.2, -0.15) is 4.98 Å². The Morgan fingerprint density at radius 1 is 1.38 bits per heavy atom. The molecule has 0 amide bonds. The lowest BCUT2D eigenvalue weighted by atomic mass is 10.2. The molecule has 0 aliphatic heterocycles. The Kier molecular flexibility index (Phi) is 4.66. The van der Waals surface area contributed by atoms with Crippen molar-refractivity contribution in [2.45, 2.75) is 18.7 Å². The summed E-state index contributed by atoms with van der Waals surface area (Å²) in [6.07, 6.45) is 2.00. The molecular formula is C16H16N4O3S. The summed E-state index contributed by atoms with van der Waals surface area (Å²) in [6.45, 7) is 3.76. The molecule has 0 unspecified atom stereocenters. The Morgan fingerprint density at radius 2 is 2.21 bits per heavy atom. The fraction of sp³-hybridized carbons (Fsp3) is 0.250. The minimum atomic E-state index is -0.602. The highest BCUT2D eigenvalue weighted by Crippen LogP contribution is 2.28. The van der Waals surface area contributed by atoms with E-state index in [4.69, 9.17) is 9.26 Å². The highest BCUT2D eigenvalue weighted by Gasteiger charge is 2.19. The summed E-state index contributed by atoms with van der Waals surface area (Å²) in [5, 5.41) is 7.75. The van der Waals surface area contributed by atoms with Crippen LogP contribution in [-0.4, -0.2) is 34.0 Å². The van der Waals surface area contributed by atoms with Crippen molar-refractivity contribution < 1.29 is 14.1 Å². The second-order valence-electron chi connectivity index (χ2n) is 4.92. The van der Waals surface area contributed by atoms with Crippen molar-refractivity contribution in [3.63, 3.8) is 0 Å². The second-order valence-corrected chi connectivity index (χ2v) is 5.80. The molecule has 0 spiro atoms. The van der Waals surface area contributed by atoms with Gasteiger partial charge in [-0.3, -0.25) is 0 Å². The van der Waals surface area contributed by atoms with Gasteiger partial charge in [-0.05, 0) is 38.3 Å². The van der Waals surface area contributed by atoms with E-state index >= 15 is 0 Å². The molecule has 3 aromatic rings. The predicted octanol–water partition coefficient (Wildman–Crippen LogP) is 3.57. The summed E-state index contributed by atoms with van der Waals surface area (Å²) in [5.74, 6) is -0.210. The highest BCUT2D eigenvalue weighted by molar-refractivity contribution is 7.98. The zero-order chi connectivity index (χ0) is 17.1. The molecule has 24 heavy (non-hydrogen) atoms. The number of ether oxygens (including phenoxy) is 1. The van der Waals surface area contributed by atoms with E-state index in [0.29, 0.717) is 16.9 Å². The number of carbonyl (C=O) groups excluding carboxylic acids is 1. The van der Waals surface area contributed by atoms with Crippen molar-refractivity contribution in [1.82, 2.24) is 15.1 Å². The van der Waals surface area contributed by atoms with Gasteiger partial charge >= 0.3 is 5.97 Å². The van der Waals surface area contributed by atoms with Gasteiger partial charge < -0.3 is 14.6 Å². The highest BCUT2D eigenvalue weighted by atomic mass is 32.2. The smallest absolute Gasteiger partial charge is 0.376 e. The Bertz CT molecular complexity index is 894. The molecule has 1 N–H and O–H groups in total. The van der Waals surface area contributed by atoms with E-state index in [-0.39, 0.29) is 18.1 Å². The summed E-state index contributed by atoms with van der Waals surface area (Å²) >= 11 is 1.64. The van der Waals surface area contributed by atoms with Crippen LogP contribution >= 0.6 is 11.8 Å². The number of thioether (sulfide) groups is 1. The van der Waals surface area contributed by atoms with E-state index < -0.39 is 5.97 Å². The third-order valence-corrected chi connectivity index (χ3v) is 4.02. The largest absolute Gasteiger partial charge is 0.460 e. The quantitative estimate of drug-likeness (QED) is 0.555. The van der Waals surface area contributed by atoms with Crippen LogP contribution in [0.25, 0.3) is 11.1 Å². The molecule has 1 aromatic carbocycles. The van der Waals surface area contributed by atoms with Gasteiger partial charge in [-0.25, -0.2) is 9.78 Å². The predicted molar refractivity (Wildman–Crippen MR) is 91.8 cm³/mol. The van der Waals surface area contributed by atoms with Crippen LogP contribution in [0.3, 0.4) is 0 Å². The van der Waals surface area contributed by atoms with Crippen molar-refractivity contribution in [3.05, 3.63) is 35.8 Å². The molecule has 3 rings (SSSR count). The lowest BCUT2D eigenvalue weighted by Gasteiger charge is -2.09. The van der Waals surface area contributed by atoms with Crippen LogP contribution in [0.4, 0.5) is 11.5 Å². The lowest BCUT2D eigenvalue weighted by Crippen LogP contribution is -2.11. The van der Waals surface area contributed by atoms with Gasteiger partial charge in [0.05, 0.1) is 12.3 Å². The van der Waals surface area contributed by atoms with Gasteiger partial charge in [-0.15, -0.1) is 11.8 Å². The minimum absolute atomic E-state index is 0.0657. The van der Waals surface area contributed by atoms with Crippen molar-refractivity contribution >= 4 is 40.3 Å². The molecule has 0 radical (unpaired) electrons. The Hall–Kier alpha value is -2.61. The van der Waals surface area contributed by atoms with Crippen LogP contribution in [0.15, 0.2) is 33.7 Å². The van der Waals surface area contributed by atoms with Crippen molar-refractivity contribution in [3.8, 4) is 0 Å². The van der Waals surface area contributed by atoms with Gasteiger partial charge in [-0.1, -0.05) is 11.2 Å². The van der Waals surface area contributed by atoms with Gasteiger partial charge in [0.1, 0.15) is 11.2 Å². The van der Waals surface area contributed by atoms with Gasteiger partial charge in [0.2, 0.25) is 5.82 Å². The fourth-order valence-electron chi connectivity index (χ4n) is 2.20. The zero-order valence-electron chi connectivity index (χ0n) is 13.5. The third-order valence-electron chi connectivity index (χ3n) is 3.30. The topological polar surface area (TPSA) is 90.1 Å². The van der Waals surface area contributed by atoms with Crippen LogP contribution in [0.1, 0.15) is 23.2 Å². The molecule has 0 bridgehead atoms. The summed E-state index contributed by atoms with van der Waals surface area (Å²) in [5.41, 5.74) is 1.73. The Labute approximate surface area is 142 Å². The first-order valence-electron chi connectivity index (χ1n) is 7.34. The number of anilines is 2. The number of benzene rings is 1. The Balaban J connectivity index is 2.07. The molecule has 2 heterocycles. The van der Waals surface area contributed by atoms with Crippen LogP contribution < -0.4 is 5.32 Å². The lowest BCUT2D eigenvalue weighted by molar-refractivity contribution is 0.0512. The van der Waals surface area contributed by atoms with Gasteiger partial charge in [0.15, 0.2) is 0 Å². The summed E-state index contributed by atoms with van der Waals surface area (Å²) in [7, 11) is 0.